The van der Waals surface area contributed by atoms with E-state index >= 15 is 0 Å². The Labute approximate surface area is 127 Å². The molecule has 0 atom stereocenters. The predicted molar refractivity (Wildman–Crippen MR) is 77.6 cm³/mol. The van der Waals surface area contributed by atoms with Crippen LogP contribution in [0.25, 0.3) is 0 Å². The molecule has 0 unspecified atom stereocenters. The van der Waals surface area contributed by atoms with Crippen molar-refractivity contribution in [2.45, 2.75) is 0 Å². The van der Waals surface area contributed by atoms with Crippen LogP contribution in [-0.2, 0) is 0 Å². The Morgan fingerprint density at radius 3 is 2.58 bits per heavy atom. The first kappa shape index (κ1) is 14.1. The number of rotatable bonds is 3. The molecule has 0 aromatic heterocycles. The van der Waals surface area contributed by atoms with Crippen LogP contribution in [0.15, 0.2) is 36.4 Å². The van der Waals surface area contributed by atoms with Gasteiger partial charge in [-0.3, -0.25) is 0 Å². The maximum Gasteiger partial charge on any atom is 0.338 e. The normalized spacial score (nSPS) is 10.3. The molecule has 3 nitrogen and oxygen atoms in total. The number of ether oxygens (including phenoxy) is 1. The lowest BCUT2D eigenvalue weighted by Gasteiger charge is -2.10. The minimum atomic E-state index is -1.32. The lowest BCUT2D eigenvalue weighted by Crippen LogP contribution is -2.02. The van der Waals surface area contributed by atoms with Gasteiger partial charge >= 0.3 is 5.97 Å². The molecule has 0 bridgehead atoms. The topological polar surface area (TPSA) is 46.5 Å². The summed E-state index contributed by atoms with van der Waals surface area (Å²) in [6.45, 7) is 0. The Hall–Kier alpha value is -1.34. The van der Waals surface area contributed by atoms with Gasteiger partial charge in [0.2, 0.25) is 0 Å². The summed E-state index contributed by atoms with van der Waals surface area (Å²) in [6.07, 6.45) is 0. The van der Waals surface area contributed by atoms with E-state index in [1.54, 1.807) is 24.3 Å². The molecule has 0 aliphatic heterocycles. The van der Waals surface area contributed by atoms with Gasteiger partial charge in [0.25, 0.3) is 0 Å². The average molecular weight is 393 g/mol. The van der Waals surface area contributed by atoms with E-state index in [0.29, 0.717) is 14.3 Å². The van der Waals surface area contributed by atoms with Crippen LogP contribution in [0.1, 0.15) is 10.4 Å². The summed E-state index contributed by atoms with van der Waals surface area (Å²) in [6, 6.07) is 9.01. The maximum atomic E-state index is 13.6. The first-order valence-corrected chi connectivity index (χ1v) is 6.59. The summed E-state index contributed by atoms with van der Waals surface area (Å²) in [4.78, 5) is 10.8. The zero-order valence-corrected chi connectivity index (χ0v) is 12.3. The van der Waals surface area contributed by atoms with Crippen molar-refractivity contribution < 1.29 is 19.0 Å². The first-order valence-electron chi connectivity index (χ1n) is 5.13. The molecule has 0 radical (unpaired) electrons. The van der Waals surface area contributed by atoms with Gasteiger partial charge in [0.15, 0.2) is 0 Å². The third-order valence-electron chi connectivity index (χ3n) is 2.31. The lowest BCUT2D eigenvalue weighted by atomic mass is 10.2. The molecule has 0 saturated heterocycles. The number of hydrogen-bond donors (Lipinski definition) is 1. The molecule has 6 heteroatoms. The summed E-state index contributed by atoms with van der Waals surface area (Å²) >= 11 is 7.81. The largest absolute Gasteiger partial charge is 0.478 e. The number of benzene rings is 2. The van der Waals surface area contributed by atoms with E-state index in [2.05, 4.69) is 0 Å². The maximum absolute atomic E-state index is 13.6. The second kappa shape index (κ2) is 5.75. The predicted octanol–water partition coefficient (Wildman–Crippen LogP) is 4.57. The minimum absolute atomic E-state index is 0.219. The van der Waals surface area contributed by atoms with Gasteiger partial charge in [-0.1, -0.05) is 23.7 Å². The number of carboxylic acid groups (broad SMARTS) is 1. The summed E-state index contributed by atoms with van der Waals surface area (Å²) < 4.78 is 19.6. The highest BCUT2D eigenvalue weighted by atomic mass is 127. The standard InChI is InChI=1S/C13H7ClFIO3/c14-8-3-1-2-4-11(8)19-12-6-9(15)7(13(17)18)5-10(12)16/h1-6H,(H,17,18). The van der Waals surface area contributed by atoms with Crippen molar-refractivity contribution in [3.63, 3.8) is 0 Å². The van der Waals surface area contributed by atoms with E-state index in [9.17, 15) is 9.18 Å². The highest BCUT2D eigenvalue weighted by Gasteiger charge is 2.15. The average Bonchev–Trinajstić information content (AvgIpc) is 2.35. The molecule has 2 aromatic rings. The summed E-state index contributed by atoms with van der Waals surface area (Å²) in [5, 5.41) is 9.20. The molecule has 19 heavy (non-hydrogen) atoms. The highest BCUT2D eigenvalue weighted by molar-refractivity contribution is 14.1. The van der Waals surface area contributed by atoms with Crippen molar-refractivity contribution in [2.24, 2.45) is 0 Å². The van der Waals surface area contributed by atoms with Crippen molar-refractivity contribution in [1.82, 2.24) is 0 Å². The third kappa shape index (κ3) is 3.16. The number of halogens is 3. The minimum Gasteiger partial charge on any atom is -0.478 e. The molecule has 0 aliphatic rings. The molecular weight excluding hydrogens is 385 g/mol. The van der Waals surface area contributed by atoms with Gasteiger partial charge < -0.3 is 9.84 Å². The number of carbonyl (C=O) groups is 1. The Morgan fingerprint density at radius 1 is 1.26 bits per heavy atom. The summed E-state index contributed by atoms with van der Waals surface area (Å²) in [7, 11) is 0. The fourth-order valence-electron chi connectivity index (χ4n) is 1.42. The van der Waals surface area contributed by atoms with Crippen molar-refractivity contribution in [1.29, 1.82) is 0 Å². The molecule has 98 valence electrons. The molecule has 2 aromatic carbocycles. The van der Waals surface area contributed by atoms with E-state index in [4.69, 9.17) is 21.4 Å². The van der Waals surface area contributed by atoms with E-state index in [-0.39, 0.29) is 5.75 Å². The molecule has 0 spiro atoms. The van der Waals surface area contributed by atoms with Gasteiger partial charge in [0, 0.05) is 6.07 Å². The smallest absolute Gasteiger partial charge is 0.338 e. The van der Waals surface area contributed by atoms with Gasteiger partial charge in [-0.2, -0.15) is 0 Å². The van der Waals surface area contributed by atoms with Gasteiger partial charge in [-0.05, 0) is 40.8 Å². The summed E-state index contributed by atoms with van der Waals surface area (Å²) in [5.74, 6) is -1.57. The SMILES string of the molecule is O=C(O)c1cc(I)c(Oc2ccccc2Cl)cc1F. The van der Waals surface area contributed by atoms with Gasteiger partial charge in [0.05, 0.1) is 14.2 Å². The summed E-state index contributed by atoms with van der Waals surface area (Å²) in [5.41, 5.74) is -0.393. The first-order chi connectivity index (χ1) is 8.99. The van der Waals surface area contributed by atoms with Crippen LogP contribution in [0, 0.1) is 9.39 Å². The third-order valence-corrected chi connectivity index (χ3v) is 3.46. The van der Waals surface area contributed by atoms with E-state index in [1.165, 1.54) is 6.07 Å². The van der Waals surface area contributed by atoms with Crippen molar-refractivity contribution in [2.75, 3.05) is 0 Å². The van der Waals surface area contributed by atoms with Crippen LogP contribution in [0.4, 0.5) is 4.39 Å². The number of hydrogen-bond acceptors (Lipinski definition) is 2. The van der Waals surface area contributed by atoms with E-state index in [0.717, 1.165) is 6.07 Å². The van der Waals surface area contributed by atoms with Crippen LogP contribution in [0.2, 0.25) is 5.02 Å². The van der Waals surface area contributed by atoms with E-state index in [1.807, 2.05) is 22.6 Å². The van der Waals surface area contributed by atoms with Crippen LogP contribution in [0.5, 0.6) is 11.5 Å². The van der Waals surface area contributed by atoms with Gasteiger partial charge in [0.1, 0.15) is 17.3 Å². The van der Waals surface area contributed by atoms with Crippen LogP contribution >= 0.6 is 34.2 Å². The van der Waals surface area contributed by atoms with Crippen LogP contribution in [0.3, 0.4) is 0 Å². The molecule has 0 amide bonds. The Kier molecular flexibility index (Phi) is 4.26. The second-order valence-electron chi connectivity index (χ2n) is 3.60. The Morgan fingerprint density at radius 2 is 1.95 bits per heavy atom. The fraction of sp³-hybridized carbons (Fsp3) is 0. The Bertz CT molecular complexity index is 646. The zero-order valence-electron chi connectivity index (χ0n) is 9.36. The molecule has 2 rings (SSSR count). The van der Waals surface area contributed by atoms with Gasteiger partial charge in [-0.15, -0.1) is 0 Å². The second-order valence-corrected chi connectivity index (χ2v) is 5.17. The molecule has 1 N–H and O–H groups in total. The van der Waals surface area contributed by atoms with Crippen molar-refractivity contribution >= 4 is 40.2 Å². The molecule has 0 aliphatic carbocycles. The quantitative estimate of drug-likeness (QED) is 0.778. The molecule has 0 saturated carbocycles. The molecule has 0 fully saturated rings. The fourth-order valence-corrected chi connectivity index (χ4v) is 2.17. The van der Waals surface area contributed by atoms with Crippen molar-refractivity contribution in [3.8, 4) is 11.5 Å². The monoisotopic (exact) mass is 392 g/mol. The van der Waals surface area contributed by atoms with Crippen LogP contribution < -0.4 is 4.74 Å². The molecular formula is C13H7ClFIO3. The molecule has 0 heterocycles. The number of aromatic carboxylic acids is 1. The van der Waals surface area contributed by atoms with Crippen molar-refractivity contribution in [3.05, 3.63) is 56.4 Å². The number of para-hydroxylation sites is 1. The number of carboxylic acids is 1. The highest BCUT2D eigenvalue weighted by Crippen LogP contribution is 2.33. The van der Waals surface area contributed by atoms with Crippen LogP contribution in [-0.4, -0.2) is 11.1 Å². The van der Waals surface area contributed by atoms with E-state index < -0.39 is 17.3 Å². The Balaban J connectivity index is 2.39. The zero-order chi connectivity index (χ0) is 14.0. The lowest BCUT2D eigenvalue weighted by molar-refractivity contribution is 0.0692. The van der Waals surface area contributed by atoms with Gasteiger partial charge in [-0.25, -0.2) is 9.18 Å².